The van der Waals surface area contributed by atoms with E-state index >= 15 is 0 Å². The molecule has 1 aliphatic rings. The van der Waals surface area contributed by atoms with E-state index in [-0.39, 0.29) is 0 Å². The fraction of sp³-hybridized carbons (Fsp3) is 0.571. The third kappa shape index (κ3) is 2.55. The second-order valence-electron chi connectivity index (χ2n) is 5.42. The third-order valence-corrected chi connectivity index (χ3v) is 6.19. The molecule has 0 aromatic heterocycles. The van der Waals surface area contributed by atoms with Crippen LogP contribution >= 0.6 is 0 Å². The lowest BCUT2D eigenvalue weighted by Crippen LogP contribution is -2.52. The van der Waals surface area contributed by atoms with E-state index in [0.717, 1.165) is 31.2 Å². The Bertz CT molecular complexity index is 548. The smallest absolute Gasteiger partial charge is 0.243 e. The van der Waals surface area contributed by atoms with Crippen molar-refractivity contribution in [3.63, 3.8) is 0 Å². The Hall–Kier alpha value is -0.910. The molecule has 0 heterocycles. The SMILES string of the molecule is Cc1cccc(S(=O)(=O)N(C)C2(CN)CCCC2)c1. The first kappa shape index (κ1) is 14.5. The molecule has 0 saturated heterocycles. The van der Waals surface area contributed by atoms with Gasteiger partial charge >= 0.3 is 0 Å². The summed E-state index contributed by atoms with van der Waals surface area (Å²) in [5.74, 6) is 0. The average Bonchev–Trinajstić information content (AvgIpc) is 2.87. The van der Waals surface area contributed by atoms with Crippen LogP contribution in [0.1, 0.15) is 31.2 Å². The van der Waals surface area contributed by atoms with Crippen LogP contribution in [0.3, 0.4) is 0 Å². The molecule has 0 bridgehead atoms. The zero-order chi connectivity index (χ0) is 14.1. The van der Waals surface area contributed by atoms with Gasteiger partial charge in [0.15, 0.2) is 0 Å². The Kier molecular flexibility index (Phi) is 3.99. The van der Waals surface area contributed by atoms with E-state index in [2.05, 4.69) is 0 Å². The summed E-state index contributed by atoms with van der Waals surface area (Å²) >= 11 is 0. The molecule has 0 radical (unpaired) electrons. The highest BCUT2D eigenvalue weighted by atomic mass is 32.2. The van der Waals surface area contributed by atoms with Gasteiger partial charge in [-0.05, 0) is 37.5 Å². The number of likely N-dealkylation sites (N-methyl/N-ethyl adjacent to an activating group) is 1. The predicted octanol–water partition coefficient (Wildman–Crippen LogP) is 1.89. The molecule has 1 aromatic carbocycles. The molecule has 1 aliphatic carbocycles. The molecular formula is C14H22N2O2S. The maximum absolute atomic E-state index is 12.7. The van der Waals surface area contributed by atoms with Crippen LogP contribution in [0.15, 0.2) is 29.2 Å². The van der Waals surface area contributed by atoms with Gasteiger partial charge in [0.2, 0.25) is 10.0 Å². The maximum Gasteiger partial charge on any atom is 0.243 e. The van der Waals surface area contributed by atoms with E-state index in [1.54, 1.807) is 25.2 Å². The molecule has 0 atom stereocenters. The van der Waals surface area contributed by atoms with E-state index in [1.165, 1.54) is 4.31 Å². The molecule has 2 N–H and O–H groups in total. The van der Waals surface area contributed by atoms with Crippen molar-refractivity contribution in [2.24, 2.45) is 5.73 Å². The zero-order valence-electron chi connectivity index (χ0n) is 11.6. The summed E-state index contributed by atoms with van der Waals surface area (Å²) in [6, 6.07) is 7.04. The summed E-state index contributed by atoms with van der Waals surface area (Å²) in [4.78, 5) is 0.356. The number of benzene rings is 1. The van der Waals surface area contributed by atoms with Crippen LogP contribution < -0.4 is 5.73 Å². The van der Waals surface area contributed by atoms with Gasteiger partial charge in [-0.2, -0.15) is 4.31 Å². The van der Waals surface area contributed by atoms with Gasteiger partial charge in [0.1, 0.15) is 0 Å². The van der Waals surface area contributed by atoms with Crippen LogP contribution in [0.25, 0.3) is 0 Å². The van der Waals surface area contributed by atoms with Crippen LogP contribution in [-0.4, -0.2) is 31.9 Å². The molecule has 5 heteroatoms. The second-order valence-corrected chi connectivity index (χ2v) is 7.39. The molecular weight excluding hydrogens is 260 g/mol. The summed E-state index contributed by atoms with van der Waals surface area (Å²) in [5, 5.41) is 0. The first-order valence-corrected chi connectivity index (χ1v) is 8.12. The van der Waals surface area contributed by atoms with Crippen molar-refractivity contribution in [3.05, 3.63) is 29.8 Å². The normalized spacial score (nSPS) is 18.9. The summed E-state index contributed by atoms with van der Waals surface area (Å²) < 4.78 is 26.9. The van der Waals surface area contributed by atoms with Crippen molar-refractivity contribution in [2.75, 3.05) is 13.6 Å². The van der Waals surface area contributed by atoms with Crippen molar-refractivity contribution in [1.82, 2.24) is 4.31 Å². The Morgan fingerprint density at radius 3 is 2.47 bits per heavy atom. The highest BCUT2D eigenvalue weighted by Gasteiger charge is 2.42. The predicted molar refractivity (Wildman–Crippen MR) is 76.4 cm³/mol. The third-order valence-electron chi connectivity index (χ3n) is 4.23. The van der Waals surface area contributed by atoms with Crippen LogP contribution in [0, 0.1) is 6.92 Å². The Balaban J connectivity index is 2.39. The minimum Gasteiger partial charge on any atom is -0.329 e. The van der Waals surface area contributed by atoms with E-state index in [1.807, 2.05) is 13.0 Å². The van der Waals surface area contributed by atoms with Crippen molar-refractivity contribution in [3.8, 4) is 0 Å². The molecule has 0 aliphatic heterocycles. The molecule has 0 amide bonds. The molecule has 1 fully saturated rings. The number of nitrogens with two attached hydrogens (primary N) is 1. The Labute approximate surface area is 115 Å². The monoisotopic (exact) mass is 282 g/mol. The number of aryl methyl sites for hydroxylation is 1. The van der Waals surface area contributed by atoms with Crippen molar-refractivity contribution in [1.29, 1.82) is 0 Å². The highest BCUT2D eigenvalue weighted by molar-refractivity contribution is 7.89. The number of rotatable bonds is 4. The van der Waals surface area contributed by atoms with E-state index < -0.39 is 15.6 Å². The van der Waals surface area contributed by atoms with Crippen LogP contribution in [0.2, 0.25) is 0 Å². The van der Waals surface area contributed by atoms with E-state index in [4.69, 9.17) is 5.73 Å². The Morgan fingerprint density at radius 1 is 1.32 bits per heavy atom. The topological polar surface area (TPSA) is 63.4 Å². The first-order valence-electron chi connectivity index (χ1n) is 6.68. The average molecular weight is 282 g/mol. The highest BCUT2D eigenvalue weighted by Crippen LogP contribution is 2.36. The lowest BCUT2D eigenvalue weighted by molar-refractivity contribution is 0.230. The zero-order valence-corrected chi connectivity index (χ0v) is 12.4. The van der Waals surface area contributed by atoms with Gasteiger partial charge in [-0.25, -0.2) is 8.42 Å². The van der Waals surface area contributed by atoms with Crippen LogP contribution in [0.4, 0.5) is 0 Å². The molecule has 0 spiro atoms. The summed E-state index contributed by atoms with van der Waals surface area (Å²) in [5.41, 5.74) is 6.41. The molecule has 19 heavy (non-hydrogen) atoms. The number of hydrogen-bond donors (Lipinski definition) is 1. The summed E-state index contributed by atoms with van der Waals surface area (Å²) in [6.07, 6.45) is 3.80. The summed E-state index contributed by atoms with van der Waals surface area (Å²) in [7, 11) is -1.80. The largest absolute Gasteiger partial charge is 0.329 e. The second kappa shape index (κ2) is 5.23. The summed E-state index contributed by atoms with van der Waals surface area (Å²) in [6.45, 7) is 2.28. The van der Waals surface area contributed by atoms with E-state index in [0.29, 0.717) is 11.4 Å². The van der Waals surface area contributed by atoms with Gasteiger partial charge < -0.3 is 5.73 Å². The van der Waals surface area contributed by atoms with Crippen molar-refractivity contribution < 1.29 is 8.42 Å². The number of nitrogens with zero attached hydrogens (tertiary/aromatic N) is 1. The molecule has 1 saturated carbocycles. The van der Waals surface area contributed by atoms with Crippen LogP contribution in [0.5, 0.6) is 0 Å². The molecule has 1 aromatic rings. The standard InChI is InChI=1S/C14H22N2O2S/c1-12-6-5-7-13(10-12)19(17,18)16(2)14(11-15)8-3-4-9-14/h5-7,10H,3-4,8-9,11,15H2,1-2H3. The van der Waals surface area contributed by atoms with Crippen molar-refractivity contribution >= 4 is 10.0 Å². The Morgan fingerprint density at radius 2 is 1.95 bits per heavy atom. The van der Waals surface area contributed by atoms with Gasteiger partial charge in [-0.3, -0.25) is 0 Å². The van der Waals surface area contributed by atoms with Gasteiger partial charge in [0.25, 0.3) is 0 Å². The van der Waals surface area contributed by atoms with Crippen LogP contribution in [-0.2, 0) is 10.0 Å². The number of hydrogen-bond acceptors (Lipinski definition) is 3. The molecule has 4 nitrogen and oxygen atoms in total. The number of sulfonamides is 1. The van der Waals surface area contributed by atoms with Gasteiger partial charge in [-0.15, -0.1) is 0 Å². The lowest BCUT2D eigenvalue weighted by atomic mass is 9.98. The van der Waals surface area contributed by atoms with Gasteiger partial charge in [-0.1, -0.05) is 25.0 Å². The molecule has 0 unspecified atom stereocenters. The van der Waals surface area contributed by atoms with E-state index in [9.17, 15) is 8.42 Å². The molecule has 2 rings (SSSR count). The lowest BCUT2D eigenvalue weighted by Gasteiger charge is -2.36. The minimum absolute atomic E-state index is 0.356. The van der Waals surface area contributed by atoms with Gasteiger partial charge in [0.05, 0.1) is 4.90 Å². The fourth-order valence-electron chi connectivity index (χ4n) is 2.87. The fourth-order valence-corrected chi connectivity index (χ4v) is 4.54. The first-order chi connectivity index (χ1) is 8.92. The van der Waals surface area contributed by atoms with Crippen molar-refractivity contribution in [2.45, 2.75) is 43.0 Å². The van der Waals surface area contributed by atoms with Gasteiger partial charge in [0, 0.05) is 19.1 Å². The quantitative estimate of drug-likeness (QED) is 0.917. The minimum atomic E-state index is -3.46. The maximum atomic E-state index is 12.7. The molecule has 106 valence electrons.